The Hall–Kier alpha value is -2.86. The number of rotatable bonds is 8. The van der Waals surface area contributed by atoms with Crippen LogP contribution in [0.15, 0.2) is 53.6 Å². The molecule has 0 spiro atoms. The van der Waals surface area contributed by atoms with E-state index in [9.17, 15) is 4.79 Å². The maximum absolute atomic E-state index is 13.2. The molecule has 0 aromatic heterocycles. The standard InChI is InChI=1S/C23H29N3O3/c1-5-25(6-2)16-23(27)26-21(19-9-7-8-10-22(19)29-4)15-20(24-26)17-11-13-18(28-3)14-12-17/h7-14,21H,5-6,15-16H2,1-4H3/t21-/m1/s1. The summed E-state index contributed by atoms with van der Waals surface area (Å²) in [7, 11) is 3.30. The van der Waals surface area contributed by atoms with Gasteiger partial charge < -0.3 is 9.47 Å². The Bertz CT molecular complexity index is 860. The SMILES string of the molecule is CCN(CC)CC(=O)N1N=C(c2ccc(OC)cc2)C[C@@H]1c1ccccc1OC. The van der Waals surface area contributed by atoms with Crippen LogP contribution in [0.3, 0.4) is 0 Å². The van der Waals surface area contributed by atoms with Crippen LogP contribution < -0.4 is 9.47 Å². The first-order chi connectivity index (χ1) is 14.1. The third kappa shape index (κ3) is 4.59. The van der Waals surface area contributed by atoms with Gasteiger partial charge in [-0.25, -0.2) is 5.01 Å². The van der Waals surface area contributed by atoms with E-state index in [1.807, 2.05) is 48.5 Å². The van der Waals surface area contributed by atoms with Crippen molar-refractivity contribution in [3.05, 3.63) is 59.7 Å². The fourth-order valence-electron chi connectivity index (χ4n) is 3.59. The van der Waals surface area contributed by atoms with Crippen LogP contribution >= 0.6 is 0 Å². The van der Waals surface area contributed by atoms with Crippen LogP contribution in [-0.2, 0) is 4.79 Å². The van der Waals surface area contributed by atoms with Crippen molar-refractivity contribution in [3.63, 3.8) is 0 Å². The largest absolute Gasteiger partial charge is 0.497 e. The lowest BCUT2D eigenvalue weighted by Gasteiger charge is -2.26. The summed E-state index contributed by atoms with van der Waals surface area (Å²) in [6.45, 7) is 6.11. The van der Waals surface area contributed by atoms with Crippen molar-refractivity contribution < 1.29 is 14.3 Å². The summed E-state index contributed by atoms with van der Waals surface area (Å²) in [5.41, 5.74) is 2.84. The number of ether oxygens (including phenoxy) is 2. The molecule has 0 N–H and O–H groups in total. The average Bonchev–Trinajstić information content (AvgIpc) is 3.22. The monoisotopic (exact) mass is 395 g/mol. The predicted molar refractivity (Wildman–Crippen MR) is 115 cm³/mol. The molecule has 6 nitrogen and oxygen atoms in total. The molecular formula is C23H29N3O3. The summed E-state index contributed by atoms with van der Waals surface area (Å²) >= 11 is 0. The number of hydrogen-bond donors (Lipinski definition) is 0. The van der Waals surface area contributed by atoms with Gasteiger partial charge >= 0.3 is 0 Å². The van der Waals surface area contributed by atoms with Crippen molar-refractivity contribution in [3.8, 4) is 11.5 Å². The minimum atomic E-state index is -0.189. The lowest BCUT2D eigenvalue weighted by atomic mass is 9.97. The van der Waals surface area contributed by atoms with Crippen LogP contribution in [0.2, 0.25) is 0 Å². The lowest BCUT2D eigenvalue weighted by molar-refractivity contribution is -0.134. The molecular weight excluding hydrogens is 366 g/mol. The topological polar surface area (TPSA) is 54.4 Å². The normalized spacial score (nSPS) is 16.1. The van der Waals surface area contributed by atoms with Gasteiger partial charge in [0.1, 0.15) is 11.5 Å². The Kier molecular flexibility index (Phi) is 6.88. The number of para-hydroxylation sites is 1. The van der Waals surface area contributed by atoms with Gasteiger partial charge in [0.05, 0.1) is 32.5 Å². The quantitative estimate of drug-likeness (QED) is 0.684. The number of benzene rings is 2. The zero-order chi connectivity index (χ0) is 20.8. The number of amides is 1. The van der Waals surface area contributed by atoms with Crippen molar-refractivity contribution in [1.82, 2.24) is 9.91 Å². The second kappa shape index (κ2) is 9.56. The Morgan fingerprint density at radius 2 is 1.76 bits per heavy atom. The molecule has 29 heavy (non-hydrogen) atoms. The molecule has 0 bridgehead atoms. The van der Waals surface area contributed by atoms with Gasteiger partial charge in [-0.15, -0.1) is 0 Å². The van der Waals surface area contributed by atoms with Crippen LogP contribution in [0.1, 0.15) is 37.4 Å². The van der Waals surface area contributed by atoms with E-state index < -0.39 is 0 Å². The molecule has 2 aromatic carbocycles. The molecule has 3 rings (SSSR count). The maximum Gasteiger partial charge on any atom is 0.257 e. The minimum absolute atomic E-state index is 0.00637. The Morgan fingerprint density at radius 3 is 2.38 bits per heavy atom. The van der Waals surface area contributed by atoms with Crippen LogP contribution in [-0.4, -0.2) is 55.4 Å². The van der Waals surface area contributed by atoms with Crippen LogP contribution in [0, 0.1) is 0 Å². The van der Waals surface area contributed by atoms with Gasteiger partial charge in [0.2, 0.25) is 0 Å². The number of hydrazone groups is 1. The molecule has 154 valence electrons. The third-order valence-corrected chi connectivity index (χ3v) is 5.34. The van der Waals surface area contributed by atoms with Crippen LogP contribution in [0.25, 0.3) is 0 Å². The van der Waals surface area contributed by atoms with Crippen molar-refractivity contribution in [2.45, 2.75) is 26.3 Å². The average molecular weight is 396 g/mol. The number of carbonyl (C=O) groups is 1. The van der Waals surface area contributed by atoms with E-state index in [2.05, 4.69) is 18.7 Å². The fraction of sp³-hybridized carbons (Fsp3) is 0.391. The van der Waals surface area contributed by atoms with Gasteiger partial charge in [0.15, 0.2) is 0 Å². The zero-order valence-electron chi connectivity index (χ0n) is 17.6. The van der Waals surface area contributed by atoms with Gasteiger partial charge in [-0.05, 0) is 49.0 Å². The second-order valence-electron chi connectivity index (χ2n) is 6.94. The highest BCUT2D eigenvalue weighted by molar-refractivity contribution is 6.03. The van der Waals surface area contributed by atoms with Crippen molar-refractivity contribution in [1.29, 1.82) is 0 Å². The number of methoxy groups -OCH3 is 2. The second-order valence-corrected chi connectivity index (χ2v) is 6.94. The third-order valence-electron chi connectivity index (χ3n) is 5.34. The highest BCUT2D eigenvalue weighted by Crippen LogP contribution is 2.37. The van der Waals surface area contributed by atoms with E-state index in [0.717, 1.165) is 41.4 Å². The first kappa shape index (κ1) is 20.9. The van der Waals surface area contributed by atoms with E-state index in [0.29, 0.717) is 13.0 Å². The van der Waals surface area contributed by atoms with Crippen molar-refractivity contribution in [2.75, 3.05) is 33.9 Å². The maximum atomic E-state index is 13.2. The number of hydrogen-bond acceptors (Lipinski definition) is 5. The number of likely N-dealkylation sites (N-methyl/N-ethyl adjacent to an activating group) is 1. The van der Waals surface area contributed by atoms with E-state index in [4.69, 9.17) is 14.6 Å². The number of carbonyl (C=O) groups excluding carboxylic acids is 1. The van der Waals surface area contributed by atoms with Gasteiger partial charge in [0.25, 0.3) is 5.91 Å². The molecule has 0 saturated heterocycles. The smallest absolute Gasteiger partial charge is 0.257 e. The molecule has 2 aromatic rings. The summed E-state index contributed by atoms with van der Waals surface area (Å²) in [6.07, 6.45) is 0.636. The highest BCUT2D eigenvalue weighted by Gasteiger charge is 2.35. The number of nitrogens with zero attached hydrogens (tertiary/aromatic N) is 3. The molecule has 1 heterocycles. The molecule has 0 unspecified atom stereocenters. The molecule has 0 saturated carbocycles. The molecule has 0 fully saturated rings. The molecule has 0 aliphatic carbocycles. The van der Waals surface area contributed by atoms with Gasteiger partial charge in [-0.1, -0.05) is 32.0 Å². The van der Waals surface area contributed by atoms with E-state index in [-0.39, 0.29) is 11.9 Å². The van der Waals surface area contributed by atoms with E-state index in [1.54, 1.807) is 19.2 Å². The summed E-state index contributed by atoms with van der Waals surface area (Å²) in [6, 6.07) is 15.4. The summed E-state index contributed by atoms with van der Waals surface area (Å²) < 4.78 is 10.8. The van der Waals surface area contributed by atoms with E-state index in [1.165, 1.54) is 0 Å². The Balaban J connectivity index is 1.94. The van der Waals surface area contributed by atoms with Crippen molar-refractivity contribution in [2.24, 2.45) is 5.10 Å². The Morgan fingerprint density at radius 1 is 1.07 bits per heavy atom. The van der Waals surface area contributed by atoms with Crippen LogP contribution in [0.4, 0.5) is 0 Å². The zero-order valence-corrected chi connectivity index (χ0v) is 17.6. The van der Waals surface area contributed by atoms with Crippen LogP contribution in [0.5, 0.6) is 11.5 Å². The van der Waals surface area contributed by atoms with E-state index >= 15 is 0 Å². The summed E-state index contributed by atoms with van der Waals surface area (Å²) in [5, 5.41) is 6.38. The Labute approximate surface area is 172 Å². The molecule has 1 aliphatic rings. The van der Waals surface area contributed by atoms with Gasteiger partial charge in [-0.3, -0.25) is 9.69 Å². The van der Waals surface area contributed by atoms with Crippen molar-refractivity contribution >= 4 is 11.6 Å². The first-order valence-electron chi connectivity index (χ1n) is 10.00. The molecule has 6 heteroatoms. The van der Waals surface area contributed by atoms with Gasteiger partial charge in [0, 0.05) is 12.0 Å². The summed E-state index contributed by atoms with van der Waals surface area (Å²) in [5.74, 6) is 1.56. The van der Waals surface area contributed by atoms with Gasteiger partial charge in [-0.2, -0.15) is 5.10 Å². The lowest BCUT2D eigenvalue weighted by Crippen LogP contribution is -2.38. The first-order valence-corrected chi connectivity index (χ1v) is 10.00. The molecule has 0 radical (unpaired) electrons. The molecule has 1 atom stereocenters. The predicted octanol–water partition coefficient (Wildman–Crippen LogP) is 3.72. The molecule has 1 amide bonds. The highest BCUT2D eigenvalue weighted by atomic mass is 16.5. The molecule has 1 aliphatic heterocycles. The minimum Gasteiger partial charge on any atom is -0.497 e. The fourth-order valence-corrected chi connectivity index (χ4v) is 3.59. The summed E-state index contributed by atoms with van der Waals surface area (Å²) in [4.78, 5) is 15.3.